The highest BCUT2D eigenvalue weighted by Crippen LogP contribution is 2.28. The molecule has 0 radical (unpaired) electrons. The minimum absolute atomic E-state index is 0.124. The van der Waals surface area contributed by atoms with Crippen LogP contribution in [0.1, 0.15) is 12.5 Å². The van der Waals surface area contributed by atoms with Gasteiger partial charge in [0.1, 0.15) is 6.04 Å². The first-order chi connectivity index (χ1) is 10.1. The molecular weight excluding hydrogens is 375 g/mol. The highest BCUT2D eigenvalue weighted by Gasteiger charge is 2.27. The van der Waals surface area contributed by atoms with E-state index < -0.39 is 0 Å². The summed E-state index contributed by atoms with van der Waals surface area (Å²) in [4.78, 5) is 14.5. The maximum Gasteiger partial charge on any atom is 0.249 e. The highest BCUT2D eigenvalue weighted by molar-refractivity contribution is 14.1. The van der Waals surface area contributed by atoms with Gasteiger partial charge in [0.05, 0.1) is 0 Å². The van der Waals surface area contributed by atoms with Gasteiger partial charge in [0.15, 0.2) is 0 Å². The van der Waals surface area contributed by atoms with E-state index in [1.807, 2.05) is 54.3 Å². The van der Waals surface area contributed by atoms with E-state index >= 15 is 0 Å². The molecule has 1 amide bonds. The van der Waals surface area contributed by atoms with Crippen LogP contribution in [0.25, 0.3) is 0 Å². The topological polar surface area (TPSA) is 32.3 Å². The zero-order valence-corrected chi connectivity index (χ0v) is 14.0. The number of amides is 1. The van der Waals surface area contributed by atoms with Crippen molar-refractivity contribution >= 4 is 39.9 Å². The lowest BCUT2D eigenvalue weighted by Gasteiger charge is -2.23. The summed E-state index contributed by atoms with van der Waals surface area (Å²) in [5.74, 6) is 0.124. The molecule has 1 unspecified atom stereocenters. The minimum atomic E-state index is -0.241. The number of hydrogen-bond acceptors (Lipinski definition) is 2. The third kappa shape index (κ3) is 3.05. The first-order valence-corrected chi connectivity index (χ1v) is 8.14. The molecule has 3 rings (SSSR count). The third-order valence-corrected chi connectivity index (χ3v) is 4.40. The highest BCUT2D eigenvalue weighted by atomic mass is 127. The summed E-state index contributed by atoms with van der Waals surface area (Å²) in [5.41, 5.74) is 3.29. The standard InChI is InChI=1S/C17H17IN2O/c1-12(19-15-7-4-6-14(18)11-15)17(21)20-10-9-13-5-2-3-8-16(13)20/h2-8,11-12,19H,9-10H2,1H3. The quantitative estimate of drug-likeness (QED) is 0.809. The third-order valence-electron chi connectivity index (χ3n) is 3.73. The maximum absolute atomic E-state index is 12.7. The number of benzene rings is 2. The number of carbonyl (C=O) groups excluding carboxylic acids is 1. The van der Waals surface area contributed by atoms with Crippen LogP contribution < -0.4 is 10.2 Å². The fourth-order valence-electron chi connectivity index (χ4n) is 2.69. The first kappa shape index (κ1) is 14.4. The normalized spacial score (nSPS) is 14.7. The Balaban J connectivity index is 1.74. The fourth-order valence-corrected chi connectivity index (χ4v) is 3.23. The van der Waals surface area contributed by atoms with E-state index in [0.717, 1.165) is 27.9 Å². The number of nitrogens with zero attached hydrogens (tertiary/aromatic N) is 1. The SMILES string of the molecule is CC(Nc1cccc(I)c1)C(=O)N1CCc2ccccc21. The van der Waals surface area contributed by atoms with E-state index in [9.17, 15) is 4.79 Å². The van der Waals surface area contributed by atoms with Gasteiger partial charge in [-0.2, -0.15) is 0 Å². The van der Waals surface area contributed by atoms with E-state index in [-0.39, 0.29) is 11.9 Å². The average molecular weight is 392 g/mol. The van der Waals surface area contributed by atoms with Crippen LogP contribution in [0.5, 0.6) is 0 Å². The van der Waals surface area contributed by atoms with Crippen LogP contribution in [0.15, 0.2) is 48.5 Å². The summed E-state index contributed by atoms with van der Waals surface area (Å²) in [5, 5.41) is 3.29. The van der Waals surface area contributed by atoms with Crippen LogP contribution >= 0.6 is 22.6 Å². The molecule has 0 aromatic heterocycles. The Bertz CT molecular complexity index is 671. The molecule has 0 fully saturated rings. The van der Waals surface area contributed by atoms with Crippen molar-refractivity contribution in [3.8, 4) is 0 Å². The zero-order chi connectivity index (χ0) is 14.8. The van der Waals surface area contributed by atoms with Gasteiger partial charge in [-0.25, -0.2) is 0 Å². The first-order valence-electron chi connectivity index (χ1n) is 7.06. The van der Waals surface area contributed by atoms with E-state index in [1.54, 1.807) is 0 Å². The number of anilines is 2. The molecule has 1 atom stereocenters. The Labute approximate surface area is 138 Å². The maximum atomic E-state index is 12.7. The van der Waals surface area contributed by atoms with Gasteiger partial charge in [-0.15, -0.1) is 0 Å². The largest absolute Gasteiger partial charge is 0.374 e. The predicted molar refractivity (Wildman–Crippen MR) is 94.7 cm³/mol. The van der Waals surface area contributed by atoms with Crippen molar-refractivity contribution in [2.75, 3.05) is 16.8 Å². The molecule has 2 aromatic carbocycles. The number of halogens is 1. The molecule has 0 bridgehead atoms. The van der Waals surface area contributed by atoms with Crippen LogP contribution in [0.2, 0.25) is 0 Å². The van der Waals surface area contributed by atoms with E-state index in [0.29, 0.717) is 0 Å². The van der Waals surface area contributed by atoms with Crippen molar-refractivity contribution in [2.45, 2.75) is 19.4 Å². The molecule has 21 heavy (non-hydrogen) atoms. The Kier molecular flexibility index (Phi) is 4.14. The predicted octanol–water partition coefficient (Wildman–Crippen LogP) is 3.68. The van der Waals surface area contributed by atoms with Crippen molar-refractivity contribution in [3.05, 3.63) is 57.7 Å². The molecule has 1 aliphatic rings. The summed E-state index contributed by atoms with van der Waals surface area (Å²) in [6.07, 6.45) is 0.942. The van der Waals surface area contributed by atoms with E-state index in [4.69, 9.17) is 0 Å². The van der Waals surface area contributed by atoms with Crippen molar-refractivity contribution in [1.82, 2.24) is 0 Å². The molecule has 1 heterocycles. The second kappa shape index (κ2) is 6.05. The number of nitrogens with one attached hydrogen (secondary N) is 1. The monoisotopic (exact) mass is 392 g/mol. The van der Waals surface area contributed by atoms with Gasteiger partial charge in [-0.1, -0.05) is 24.3 Å². The number of rotatable bonds is 3. The Morgan fingerprint density at radius 1 is 1.24 bits per heavy atom. The van der Waals surface area contributed by atoms with Gasteiger partial charge < -0.3 is 10.2 Å². The molecule has 1 aliphatic heterocycles. The molecular formula is C17H17IN2O. The van der Waals surface area contributed by atoms with Gasteiger partial charge in [0.25, 0.3) is 0 Å². The van der Waals surface area contributed by atoms with Crippen molar-refractivity contribution in [2.24, 2.45) is 0 Å². The Hall–Kier alpha value is -1.56. The lowest BCUT2D eigenvalue weighted by Crippen LogP contribution is -2.40. The molecule has 0 saturated heterocycles. The average Bonchev–Trinajstić information content (AvgIpc) is 2.90. The van der Waals surface area contributed by atoms with Crippen LogP contribution in [0.3, 0.4) is 0 Å². The van der Waals surface area contributed by atoms with Crippen LogP contribution in [0.4, 0.5) is 11.4 Å². The summed E-state index contributed by atoms with van der Waals surface area (Å²) >= 11 is 2.27. The summed E-state index contributed by atoms with van der Waals surface area (Å²) in [6, 6.07) is 16.0. The van der Waals surface area contributed by atoms with Gasteiger partial charge >= 0.3 is 0 Å². The van der Waals surface area contributed by atoms with Gasteiger partial charge in [-0.3, -0.25) is 4.79 Å². The molecule has 0 aliphatic carbocycles. The number of para-hydroxylation sites is 1. The lowest BCUT2D eigenvalue weighted by atomic mass is 10.2. The minimum Gasteiger partial charge on any atom is -0.374 e. The van der Waals surface area contributed by atoms with Crippen molar-refractivity contribution in [3.63, 3.8) is 0 Å². The fraction of sp³-hybridized carbons (Fsp3) is 0.235. The van der Waals surface area contributed by atoms with Crippen LogP contribution in [0, 0.1) is 3.57 Å². The van der Waals surface area contributed by atoms with Gasteiger partial charge in [-0.05, 0) is 65.8 Å². The second-order valence-electron chi connectivity index (χ2n) is 5.24. The molecule has 3 nitrogen and oxygen atoms in total. The zero-order valence-electron chi connectivity index (χ0n) is 11.8. The molecule has 0 spiro atoms. The van der Waals surface area contributed by atoms with Crippen molar-refractivity contribution < 1.29 is 4.79 Å². The molecule has 4 heteroatoms. The smallest absolute Gasteiger partial charge is 0.249 e. The molecule has 0 saturated carbocycles. The van der Waals surface area contributed by atoms with Gasteiger partial charge in [0, 0.05) is 21.5 Å². The van der Waals surface area contributed by atoms with Crippen LogP contribution in [-0.2, 0) is 11.2 Å². The summed E-state index contributed by atoms with van der Waals surface area (Å²) < 4.78 is 1.16. The number of hydrogen-bond donors (Lipinski definition) is 1. The molecule has 2 aromatic rings. The lowest BCUT2D eigenvalue weighted by molar-refractivity contribution is -0.118. The summed E-state index contributed by atoms with van der Waals surface area (Å²) in [6.45, 7) is 2.69. The van der Waals surface area contributed by atoms with Gasteiger partial charge in [0.2, 0.25) is 5.91 Å². The second-order valence-corrected chi connectivity index (χ2v) is 6.49. The van der Waals surface area contributed by atoms with Crippen molar-refractivity contribution in [1.29, 1.82) is 0 Å². The Morgan fingerprint density at radius 3 is 2.86 bits per heavy atom. The number of carbonyl (C=O) groups is 1. The number of fused-ring (bicyclic) bond motifs is 1. The molecule has 1 N–H and O–H groups in total. The Morgan fingerprint density at radius 2 is 2.05 bits per heavy atom. The summed E-state index contributed by atoms with van der Waals surface area (Å²) in [7, 11) is 0. The molecule has 108 valence electrons. The van der Waals surface area contributed by atoms with E-state index in [2.05, 4.69) is 34.0 Å². The van der Waals surface area contributed by atoms with E-state index in [1.165, 1.54) is 5.56 Å². The van der Waals surface area contributed by atoms with Crippen LogP contribution in [-0.4, -0.2) is 18.5 Å².